The number of hydrogen-bond acceptors (Lipinski definition) is 1. The zero-order valence-corrected chi connectivity index (χ0v) is 14.8. The first kappa shape index (κ1) is 19.5. The maximum atomic E-state index is 11.9. The van der Waals surface area contributed by atoms with Gasteiger partial charge < -0.3 is 5.11 Å². The fourth-order valence-electron chi connectivity index (χ4n) is 2.60. The predicted molar refractivity (Wildman–Crippen MR) is 87.0 cm³/mol. The van der Waals surface area contributed by atoms with Gasteiger partial charge in [-0.3, -0.25) is 4.79 Å². The van der Waals surface area contributed by atoms with Crippen LogP contribution in [-0.4, -0.2) is 11.1 Å². The van der Waals surface area contributed by atoms with Crippen LogP contribution in [0.2, 0.25) is 0 Å². The van der Waals surface area contributed by atoms with Crippen molar-refractivity contribution in [3.63, 3.8) is 0 Å². The second kappa shape index (κ2) is 7.47. The SMILES string of the molecule is CCCCCCC(C)(C(=O)O)C(C)(C)CCC(C)(C)C. The lowest BCUT2D eigenvalue weighted by atomic mass is 9.61. The van der Waals surface area contributed by atoms with Gasteiger partial charge >= 0.3 is 5.97 Å². The van der Waals surface area contributed by atoms with Crippen LogP contribution in [0.3, 0.4) is 0 Å². The molecule has 0 fully saturated rings. The molecule has 0 rings (SSSR count). The van der Waals surface area contributed by atoms with Gasteiger partial charge in [0, 0.05) is 0 Å². The van der Waals surface area contributed by atoms with Gasteiger partial charge in [-0.25, -0.2) is 0 Å². The Balaban J connectivity index is 4.80. The molecular weight excluding hydrogens is 248 g/mol. The van der Waals surface area contributed by atoms with E-state index >= 15 is 0 Å². The third-order valence-electron chi connectivity index (χ3n) is 5.00. The van der Waals surface area contributed by atoms with E-state index in [1.807, 2.05) is 6.92 Å². The Morgan fingerprint density at radius 3 is 1.80 bits per heavy atom. The molecule has 20 heavy (non-hydrogen) atoms. The van der Waals surface area contributed by atoms with Gasteiger partial charge in [-0.1, -0.05) is 67.2 Å². The van der Waals surface area contributed by atoms with E-state index in [0.29, 0.717) is 0 Å². The molecule has 1 N–H and O–H groups in total. The minimum atomic E-state index is -0.632. The number of hydrogen-bond donors (Lipinski definition) is 1. The van der Waals surface area contributed by atoms with Crippen LogP contribution in [0.5, 0.6) is 0 Å². The van der Waals surface area contributed by atoms with Gasteiger partial charge in [0.2, 0.25) is 0 Å². The molecule has 0 bridgehead atoms. The van der Waals surface area contributed by atoms with Crippen LogP contribution < -0.4 is 0 Å². The van der Waals surface area contributed by atoms with Crippen molar-refractivity contribution < 1.29 is 9.90 Å². The summed E-state index contributed by atoms with van der Waals surface area (Å²) in [4.78, 5) is 11.9. The van der Waals surface area contributed by atoms with E-state index in [-0.39, 0.29) is 10.8 Å². The molecule has 0 radical (unpaired) electrons. The highest BCUT2D eigenvalue weighted by molar-refractivity contribution is 5.75. The average Bonchev–Trinajstić information content (AvgIpc) is 2.30. The zero-order valence-electron chi connectivity index (χ0n) is 14.8. The maximum Gasteiger partial charge on any atom is 0.309 e. The largest absolute Gasteiger partial charge is 0.481 e. The number of carboxylic acid groups (broad SMARTS) is 1. The number of rotatable bonds is 9. The van der Waals surface area contributed by atoms with Crippen molar-refractivity contribution in [3.8, 4) is 0 Å². The lowest BCUT2D eigenvalue weighted by Gasteiger charge is -2.42. The summed E-state index contributed by atoms with van der Waals surface area (Å²) in [5.74, 6) is -0.632. The van der Waals surface area contributed by atoms with Crippen LogP contribution in [0.1, 0.15) is 93.4 Å². The van der Waals surface area contributed by atoms with E-state index in [4.69, 9.17) is 0 Å². The summed E-state index contributed by atoms with van der Waals surface area (Å²) in [6, 6.07) is 0. The Labute approximate surface area is 126 Å². The quantitative estimate of drug-likeness (QED) is 0.535. The van der Waals surface area contributed by atoms with Crippen LogP contribution >= 0.6 is 0 Å². The highest BCUT2D eigenvalue weighted by Gasteiger charge is 2.46. The first-order chi connectivity index (χ1) is 8.96. The Morgan fingerprint density at radius 1 is 0.850 bits per heavy atom. The molecule has 1 atom stereocenters. The Morgan fingerprint density at radius 2 is 1.40 bits per heavy atom. The monoisotopic (exact) mass is 284 g/mol. The summed E-state index contributed by atoms with van der Waals surface area (Å²) < 4.78 is 0. The molecule has 120 valence electrons. The molecule has 0 saturated carbocycles. The summed E-state index contributed by atoms with van der Waals surface area (Å²) in [6.45, 7) is 15.1. The van der Waals surface area contributed by atoms with Crippen LogP contribution in [0.25, 0.3) is 0 Å². The van der Waals surface area contributed by atoms with Crippen molar-refractivity contribution >= 4 is 5.97 Å². The van der Waals surface area contributed by atoms with Gasteiger partial charge in [0.1, 0.15) is 0 Å². The maximum absolute atomic E-state index is 11.9. The first-order valence-electron chi connectivity index (χ1n) is 8.20. The lowest BCUT2D eigenvalue weighted by Crippen LogP contribution is -2.42. The average molecular weight is 284 g/mol. The molecule has 0 aromatic carbocycles. The predicted octanol–water partition coefficient (Wildman–Crippen LogP) is 5.90. The lowest BCUT2D eigenvalue weighted by molar-refractivity contribution is -0.157. The van der Waals surface area contributed by atoms with Crippen molar-refractivity contribution in [2.75, 3.05) is 0 Å². The van der Waals surface area contributed by atoms with Gasteiger partial charge in [0.15, 0.2) is 0 Å². The van der Waals surface area contributed by atoms with E-state index in [9.17, 15) is 9.90 Å². The molecule has 1 unspecified atom stereocenters. The standard InChI is InChI=1S/C18H36O2/c1-8-9-10-11-12-18(7,15(19)20)17(5,6)14-13-16(2,3)4/h8-14H2,1-7H3,(H,19,20). The summed E-state index contributed by atoms with van der Waals surface area (Å²) in [5.41, 5.74) is -0.525. The van der Waals surface area contributed by atoms with Gasteiger partial charge in [-0.05, 0) is 37.0 Å². The van der Waals surface area contributed by atoms with E-state index in [1.54, 1.807) is 0 Å². The minimum Gasteiger partial charge on any atom is -0.481 e. The van der Waals surface area contributed by atoms with Crippen molar-refractivity contribution in [1.29, 1.82) is 0 Å². The second-order valence-corrected chi connectivity index (χ2v) is 8.39. The molecule has 0 spiro atoms. The smallest absolute Gasteiger partial charge is 0.309 e. The molecule has 0 heterocycles. The Hall–Kier alpha value is -0.530. The third kappa shape index (κ3) is 5.85. The zero-order chi connectivity index (χ0) is 16.0. The first-order valence-corrected chi connectivity index (χ1v) is 8.20. The number of unbranched alkanes of at least 4 members (excludes halogenated alkanes) is 3. The van der Waals surface area contributed by atoms with E-state index < -0.39 is 11.4 Å². The topological polar surface area (TPSA) is 37.3 Å². The van der Waals surface area contributed by atoms with Gasteiger partial charge in [0.05, 0.1) is 5.41 Å². The van der Waals surface area contributed by atoms with Crippen LogP contribution in [0, 0.1) is 16.2 Å². The molecule has 0 aliphatic heterocycles. The Bertz CT molecular complexity index is 299. The van der Waals surface area contributed by atoms with Gasteiger partial charge in [-0.15, -0.1) is 0 Å². The molecular formula is C18H36O2. The fourth-order valence-corrected chi connectivity index (χ4v) is 2.60. The Kier molecular flexibility index (Phi) is 7.27. The molecule has 0 aromatic rings. The summed E-state index contributed by atoms with van der Waals surface area (Å²) >= 11 is 0. The van der Waals surface area contributed by atoms with Crippen molar-refractivity contribution in [2.45, 2.75) is 93.4 Å². The molecule has 2 heteroatoms. The molecule has 0 aliphatic carbocycles. The number of aliphatic carboxylic acids is 1. The summed E-state index contributed by atoms with van der Waals surface area (Å²) in [7, 11) is 0. The highest BCUT2D eigenvalue weighted by Crippen LogP contribution is 2.47. The molecule has 0 saturated heterocycles. The summed E-state index contributed by atoms with van der Waals surface area (Å²) in [6.07, 6.45) is 7.39. The summed E-state index contributed by atoms with van der Waals surface area (Å²) in [5, 5.41) is 9.75. The molecule has 0 amide bonds. The second-order valence-electron chi connectivity index (χ2n) is 8.39. The van der Waals surface area contributed by atoms with Crippen LogP contribution in [-0.2, 0) is 4.79 Å². The van der Waals surface area contributed by atoms with E-state index in [1.165, 1.54) is 12.8 Å². The van der Waals surface area contributed by atoms with Crippen molar-refractivity contribution in [1.82, 2.24) is 0 Å². The van der Waals surface area contributed by atoms with Crippen LogP contribution in [0.15, 0.2) is 0 Å². The minimum absolute atomic E-state index is 0.168. The van der Waals surface area contributed by atoms with E-state index in [0.717, 1.165) is 32.1 Å². The molecule has 2 nitrogen and oxygen atoms in total. The number of carbonyl (C=O) groups is 1. The van der Waals surface area contributed by atoms with E-state index in [2.05, 4.69) is 41.5 Å². The highest BCUT2D eigenvalue weighted by atomic mass is 16.4. The van der Waals surface area contributed by atoms with Gasteiger partial charge in [0.25, 0.3) is 0 Å². The molecule has 0 aromatic heterocycles. The number of carboxylic acids is 1. The molecule has 0 aliphatic rings. The fraction of sp³-hybridized carbons (Fsp3) is 0.944. The van der Waals surface area contributed by atoms with Crippen molar-refractivity contribution in [2.24, 2.45) is 16.2 Å². The third-order valence-corrected chi connectivity index (χ3v) is 5.00. The normalized spacial score (nSPS) is 15.9. The van der Waals surface area contributed by atoms with Crippen molar-refractivity contribution in [3.05, 3.63) is 0 Å². The van der Waals surface area contributed by atoms with Gasteiger partial charge in [-0.2, -0.15) is 0 Å². The van der Waals surface area contributed by atoms with Crippen LogP contribution in [0.4, 0.5) is 0 Å².